The van der Waals surface area contributed by atoms with Crippen LogP contribution in [0.1, 0.15) is 46.0 Å². The third-order valence-electron chi connectivity index (χ3n) is 5.37. The lowest BCUT2D eigenvalue weighted by Crippen LogP contribution is -2.65. The first-order chi connectivity index (χ1) is 8.03. The number of rotatable bonds is 3. The maximum absolute atomic E-state index is 6.20. The second kappa shape index (κ2) is 4.87. The smallest absolute Gasteiger partial charge is 0.0622 e. The van der Waals surface area contributed by atoms with Crippen molar-refractivity contribution in [1.29, 1.82) is 0 Å². The maximum Gasteiger partial charge on any atom is 0.0622 e. The Morgan fingerprint density at radius 1 is 1.29 bits per heavy atom. The molecular weight excluding hydrogens is 212 g/mol. The van der Waals surface area contributed by atoms with Crippen molar-refractivity contribution in [3.05, 3.63) is 0 Å². The first-order valence-electron chi connectivity index (χ1n) is 7.04. The highest BCUT2D eigenvalue weighted by molar-refractivity contribution is 5.06. The molecule has 2 unspecified atom stereocenters. The molecule has 0 aromatic heterocycles. The molecule has 0 bridgehead atoms. The minimum Gasteiger partial charge on any atom is -0.380 e. The van der Waals surface area contributed by atoms with Crippen LogP contribution in [-0.2, 0) is 4.74 Å². The van der Waals surface area contributed by atoms with E-state index in [0.29, 0.717) is 11.5 Å². The molecule has 2 aliphatic rings. The molecule has 2 atom stereocenters. The molecule has 2 fully saturated rings. The number of hydrogen-bond acceptors (Lipinski definition) is 3. The summed E-state index contributed by atoms with van der Waals surface area (Å²) in [6.07, 6.45) is 6.36. The minimum atomic E-state index is 0.170. The number of nitrogens with zero attached hydrogens (tertiary/aromatic N) is 1. The predicted molar refractivity (Wildman–Crippen MR) is 71.0 cm³/mol. The van der Waals surface area contributed by atoms with E-state index in [4.69, 9.17) is 10.5 Å². The van der Waals surface area contributed by atoms with E-state index in [9.17, 15) is 0 Å². The van der Waals surface area contributed by atoms with Crippen LogP contribution in [0.5, 0.6) is 0 Å². The summed E-state index contributed by atoms with van der Waals surface area (Å²) >= 11 is 0. The van der Waals surface area contributed by atoms with Crippen molar-refractivity contribution in [2.45, 2.75) is 57.5 Å². The molecule has 3 heteroatoms. The third-order valence-corrected chi connectivity index (χ3v) is 5.37. The Morgan fingerprint density at radius 2 is 2.00 bits per heavy atom. The van der Waals surface area contributed by atoms with Crippen molar-refractivity contribution in [3.8, 4) is 0 Å². The number of nitrogens with two attached hydrogens (primary N) is 1. The molecule has 3 nitrogen and oxygen atoms in total. The first kappa shape index (κ1) is 13.3. The summed E-state index contributed by atoms with van der Waals surface area (Å²) in [6, 6.07) is 0.566. The highest BCUT2D eigenvalue weighted by Gasteiger charge is 2.50. The van der Waals surface area contributed by atoms with Crippen molar-refractivity contribution >= 4 is 0 Å². The van der Waals surface area contributed by atoms with Gasteiger partial charge in [-0.3, -0.25) is 4.90 Å². The Labute approximate surface area is 106 Å². The summed E-state index contributed by atoms with van der Waals surface area (Å²) < 4.78 is 5.54. The third kappa shape index (κ3) is 2.13. The second-order valence-electron chi connectivity index (χ2n) is 6.46. The van der Waals surface area contributed by atoms with Gasteiger partial charge in [0.2, 0.25) is 0 Å². The molecule has 2 rings (SSSR count). The van der Waals surface area contributed by atoms with Crippen molar-refractivity contribution < 1.29 is 4.74 Å². The van der Waals surface area contributed by atoms with Crippen LogP contribution in [0.2, 0.25) is 0 Å². The monoisotopic (exact) mass is 240 g/mol. The van der Waals surface area contributed by atoms with Gasteiger partial charge in [-0.05, 0) is 31.7 Å². The Kier molecular flexibility index (Phi) is 3.81. The lowest BCUT2D eigenvalue weighted by atomic mass is 9.62. The molecule has 0 aromatic rings. The quantitative estimate of drug-likeness (QED) is 0.820. The largest absolute Gasteiger partial charge is 0.380 e. The van der Waals surface area contributed by atoms with Gasteiger partial charge >= 0.3 is 0 Å². The summed E-state index contributed by atoms with van der Waals surface area (Å²) in [7, 11) is 2.26. The molecule has 0 aromatic carbocycles. The van der Waals surface area contributed by atoms with E-state index >= 15 is 0 Å². The zero-order valence-corrected chi connectivity index (χ0v) is 11.7. The van der Waals surface area contributed by atoms with E-state index in [1.165, 1.54) is 25.7 Å². The molecule has 17 heavy (non-hydrogen) atoms. The molecule has 0 amide bonds. The van der Waals surface area contributed by atoms with Crippen molar-refractivity contribution in [2.75, 3.05) is 26.8 Å². The molecule has 1 aliphatic carbocycles. The summed E-state index contributed by atoms with van der Waals surface area (Å²) in [4.78, 5) is 2.55. The molecule has 100 valence electrons. The van der Waals surface area contributed by atoms with Crippen molar-refractivity contribution in [2.24, 2.45) is 11.1 Å². The van der Waals surface area contributed by atoms with Gasteiger partial charge in [0.25, 0.3) is 0 Å². The SMILES string of the molecule is CN(C1CCOC1)C1(CN)CCCCC1(C)C. The first-order valence-corrected chi connectivity index (χ1v) is 7.04. The Hall–Kier alpha value is -0.120. The molecule has 0 spiro atoms. The Morgan fingerprint density at radius 3 is 2.53 bits per heavy atom. The van der Waals surface area contributed by atoms with E-state index in [0.717, 1.165) is 26.2 Å². The van der Waals surface area contributed by atoms with Crippen LogP contribution in [0.3, 0.4) is 0 Å². The summed E-state index contributed by atoms with van der Waals surface area (Å²) in [6.45, 7) is 7.36. The summed E-state index contributed by atoms with van der Waals surface area (Å²) in [5.41, 5.74) is 6.69. The fraction of sp³-hybridized carbons (Fsp3) is 1.00. The molecule has 1 aliphatic heterocycles. The van der Waals surface area contributed by atoms with Gasteiger partial charge in [0.1, 0.15) is 0 Å². The Bertz CT molecular complexity index is 261. The van der Waals surface area contributed by atoms with E-state index in [-0.39, 0.29) is 5.54 Å². The van der Waals surface area contributed by atoms with Gasteiger partial charge in [0.05, 0.1) is 6.61 Å². The van der Waals surface area contributed by atoms with Gasteiger partial charge < -0.3 is 10.5 Å². The van der Waals surface area contributed by atoms with Crippen LogP contribution < -0.4 is 5.73 Å². The zero-order chi connectivity index (χ0) is 12.5. The standard InChI is InChI=1S/C14H28N2O/c1-13(2)7-4-5-8-14(13,11-15)16(3)12-6-9-17-10-12/h12H,4-11,15H2,1-3H3. The van der Waals surface area contributed by atoms with E-state index in [2.05, 4.69) is 25.8 Å². The average molecular weight is 240 g/mol. The average Bonchev–Trinajstić information content (AvgIpc) is 2.81. The van der Waals surface area contributed by atoms with Crippen LogP contribution in [0, 0.1) is 5.41 Å². The fourth-order valence-corrected chi connectivity index (χ4v) is 3.91. The molecule has 1 saturated heterocycles. The summed E-state index contributed by atoms with van der Waals surface area (Å²) in [5, 5.41) is 0. The van der Waals surface area contributed by atoms with Crippen LogP contribution in [0.4, 0.5) is 0 Å². The topological polar surface area (TPSA) is 38.5 Å². The minimum absolute atomic E-state index is 0.170. The normalized spacial score (nSPS) is 37.6. The van der Waals surface area contributed by atoms with Gasteiger partial charge in [-0.2, -0.15) is 0 Å². The van der Waals surface area contributed by atoms with E-state index in [1.807, 2.05) is 0 Å². The van der Waals surface area contributed by atoms with Crippen molar-refractivity contribution in [1.82, 2.24) is 4.90 Å². The van der Waals surface area contributed by atoms with Gasteiger partial charge in [-0.1, -0.05) is 26.7 Å². The van der Waals surface area contributed by atoms with Gasteiger partial charge in [-0.25, -0.2) is 0 Å². The number of likely N-dealkylation sites (N-methyl/N-ethyl adjacent to an activating group) is 1. The van der Waals surface area contributed by atoms with Crippen LogP contribution in [-0.4, -0.2) is 43.3 Å². The Balaban J connectivity index is 2.21. The van der Waals surface area contributed by atoms with Gasteiger partial charge in [0, 0.05) is 24.7 Å². The van der Waals surface area contributed by atoms with E-state index in [1.54, 1.807) is 0 Å². The number of ether oxygens (including phenoxy) is 1. The van der Waals surface area contributed by atoms with Crippen LogP contribution in [0.25, 0.3) is 0 Å². The predicted octanol–water partition coefficient (Wildman–Crippen LogP) is 2.00. The molecule has 0 radical (unpaired) electrons. The zero-order valence-electron chi connectivity index (χ0n) is 11.7. The molecule has 1 saturated carbocycles. The highest BCUT2D eigenvalue weighted by Crippen LogP contribution is 2.47. The number of hydrogen-bond donors (Lipinski definition) is 1. The highest BCUT2D eigenvalue weighted by atomic mass is 16.5. The van der Waals surface area contributed by atoms with Gasteiger partial charge in [-0.15, -0.1) is 0 Å². The molecular formula is C14H28N2O. The van der Waals surface area contributed by atoms with Crippen LogP contribution in [0.15, 0.2) is 0 Å². The van der Waals surface area contributed by atoms with Crippen LogP contribution >= 0.6 is 0 Å². The lowest BCUT2D eigenvalue weighted by Gasteiger charge is -2.56. The molecule has 1 heterocycles. The van der Waals surface area contributed by atoms with E-state index < -0.39 is 0 Å². The van der Waals surface area contributed by atoms with Gasteiger partial charge in [0.15, 0.2) is 0 Å². The van der Waals surface area contributed by atoms with Crippen molar-refractivity contribution in [3.63, 3.8) is 0 Å². The fourth-order valence-electron chi connectivity index (χ4n) is 3.91. The molecule has 2 N–H and O–H groups in total. The second-order valence-corrected chi connectivity index (χ2v) is 6.46. The summed E-state index contributed by atoms with van der Waals surface area (Å²) in [5.74, 6) is 0. The lowest BCUT2D eigenvalue weighted by molar-refractivity contribution is -0.0526. The maximum atomic E-state index is 6.20.